The van der Waals surface area contributed by atoms with Crippen LogP contribution in [0.3, 0.4) is 0 Å². The fourth-order valence-corrected chi connectivity index (χ4v) is 1.45. The molecule has 2 heteroatoms. The molecule has 2 nitrogen and oxygen atoms in total. The standard InChI is InChI=1S/C16H23NO/c1-15(2,3)17-14(18)16(4,5)12-11-13-9-7-6-8-10-13/h6-12H,1-5H3,(H,17,18)/b12-11+. The number of amides is 1. The lowest BCUT2D eigenvalue weighted by atomic mass is 9.89. The second-order valence-corrected chi connectivity index (χ2v) is 6.17. The molecule has 0 aliphatic rings. The molecule has 0 saturated carbocycles. The van der Waals surface area contributed by atoms with Crippen LogP contribution in [0.1, 0.15) is 40.2 Å². The smallest absolute Gasteiger partial charge is 0.229 e. The molecule has 1 amide bonds. The molecule has 0 atom stereocenters. The Morgan fingerprint density at radius 1 is 1.06 bits per heavy atom. The van der Waals surface area contributed by atoms with Crippen molar-refractivity contribution in [3.8, 4) is 0 Å². The first-order chi connectivity index (χ1) is 8.21. The SMILES string of the molecule is CC(C)(C)NC(=O)C(C)(C)/C=C/c1ccccc1. The average molecular weight is 245 g/mol. The minimum absolute atomic E-state index is 0.0437. The molecule has 0 bridgehead atoms. The van der Waals surface area contributed by atoms with Crippen molar-refractivity contribution in [3.63, 3.8) is 0 Å². The molecule has 0 aromatic heterocycles. The van der Waals surface area contributed by atoms with E-state index in [-0.39, 0.29) is 11.4 Å². The molecule has 1 N–H and O–H groups in total. The molecule has 0 heterocycles. The molecule has 0 fully saturated rings. The van der Waals surface area contributed by atoms with E-state index in [9.17, 15) is 4.79 Å². The van der Waals surface area contributed by atoms with Gasteiger partial charge in [0.15, 0.2) is 0 Å². The van der Waals surface area contributed by atoms with Gasteiger partial charge in [0, 0.05) is 5.54 Å². The third-order valence-electron chi connectivity index (χ3n) is 2.57. The van der Waals surface area contributed by atoms with E-state index in [0.717, 1.165) is 5.56 Å². The fraction of sp³-hybridized carbons (Fsp3) is 0.438. The lowest BCUT2D eigenvalue weighted by Crippen LogP contribution is -2.46. The Morgan fingerprint density at radius 2 is 1.61 bits per heavy atom. The van der Waals surface area contributed by atoms with Crippen molar-refractivity contribution in [1.82, 2.24) is 5.32 Å². The van der Waals surface area contributed by atoms with Crippen LogP contribution in [0.2, 0.25) is 0 Å². The van der Waals surface area contributed by atoms with Crippen LogP contribution in [0.15, 0.2) is 36.4 Å². The summed E-state index contributed by atoms with van der Waals surface area (Å²) in [6.45, 7) is 9.81. The number of rotatable bonds is 3. The van der Waals surface area contributed by atoms with E-state index >= 15 is 0 Å². The molecule has 0 saturated heterocycles. The molecule has 0 radical (unpaired) electrons. The van der Waals surface area contributed by atoms with E-state index in [1.807, 2.05) is 77.1 Å². The quantitative estimate of drug-likeness (QED) is 0.865. The second kappa shape index (κ2) is 5.38. The van der Waals surface area contributed by atoms with Crippen LogP contribution in [0.25, 0.3) is 6.08 Å². The van der Waals surface area contributed by atoms with E-state index in [2.05, 4.69) is 5.32 Å². The summed E-state index contributed by atoms with van der Waals surface area (Å²) < 4.78 is 0. The number of carbonyl (C=O) groups is 1. The van der Waals surface area contributed by atoms with Gasteiger partial charge in [0.1, 0.15) is 0 Å². The monoisotopic (exact) mass is 245 g/mol. The summed E-state index contributed by atoms with van der Waals surface area (Å²) in [5.41, 5.74) is 0.395. The average Bonchev–Trinajstić information content (AvgIpc) is 2.26. The summed E-state index contributed by atoms with van der Waals surface area (Å²) in [4.78, 5) is 12.1. The summed E-state index contributed by atoms with van der Waals surface area (Å²) in [6.07, 6.45) is 3.94. The van der Waals surface area contributed by atoms with Gasteiger partial charge in [-0.15, -0.1) is 0 Å². The highest BCUT2D eigenvalue weighted by molar-refractivity contribution is 5.85. The van der Waals surface area contributed by atoms with Crippen LogP contribution in [0.5, 0.6) is 0 Å². The highest BCUT2D eigenvalue weighted by Gasteiger charge is 2.27. The van der Waals surface area contributed by atoms with E-state index in [4.69, 9.17) is 0 Å². The minimum atomic E-state index is -0.511. The molecule has 18 heavy (non-hydrogen) atoms. The Hall–Kier alpha value is -1.57. The zero-order chi connectivity index (χ0) is 13.8. The third kappa shape index (κ3) is 4.74. The fourth-order valence-electron chi connectivity index (χ4n) is 1.45. The number of carbonyl (C=O) groups excluding carboxylic acids is 1. The van der Waals surface area contributed by atoms with Gasteiger partial charge in [-0.3, -0.25) is 4.79 Å². The van der Waals surface area contributed by atoms with E-state index in [1.165, 1.54) is 0 Å². The first-order valence-corrected chi connectivity index (χ1v) is 6.28. The summed E-state index contributed by atoms with van der Waals surface area (Å²) in [5, 5.41) is 3.01. The molecular formula is C16H23NO. The first-order valence-electron chi connectivity index (χ1n) is 6.28. The summed E-state index contributed by atoms with van der Waals surface area (Å²) >= 11 is 0. The van der Waals surface area contributed by atoms with Crippen LogP contribution in [0.4, 0.5) is 0 Å². The Bertz CT molecular complexity index is 424. The lowest BCUT2D eigenvalue weighted by molar-refractivity contribution is -0.128. The molecule has 1 aromatic carbocycles. The maximum Gasteiger partial charge on any atom is 0.229 e. The van der Waals surface area contributed by atoms with Crippen LogP contribution in [-0.2, 0) is 4.79 Å². The van der Waals surface area contributed by atoms with Crippen molar-refractivity contribution in [1.29, 1.82) is 0 Å². The molecule has 1 rings (SSSR count). The number of benzene rings is 1. The Balaban J connectivity index is 2.76. The predicted octanol–water partition coefficient (Wildman–Crippen LogP) is 3.64. The Kier molecular flexibility index (Phi) is 4.33. The van der Waals surface area contributed by atoms with Crippen molar-refractivity contribution in [2.75, 3.05) is 0 Å². The van der Waals surface area contributed by atoms with Gasteiger partial charge in [0.2, 0.25) is 5.91 Å². The van der Waals surface area contributed by atoms with Crippen molar-refractivity contribution < 1.29 is 4.79 Å². The Labute approximate surface area is 110 Å². The molecule has 98 valence electrons. The molecule has 0 unspecified atom stereocenters. The minimum Gasteiger partial charge on any atom is -0.351 e. The zero-order valence-corrected chi connectivity index (χ0v) is 11.9. The first kappa shape index (κ1) is 14.5. The molecular weight excluding hydrogens is 222 g/mol. The van der Waals surface area contributed by atoms with Crippen molar-refractivity contribution in [3.05, 3.63) is 42.0 Å². The maximum absolute atomic E-state index is 12.1. The summed E-state index contributed by atoms with van der Waals surface area (Å²) in [6, 6.07) is 10.0. The lowest BCUT2D eigenvalue weighted by Gasteiger charge is -2.27. The highest BCUT2D eigenvalue weighted by atomic mass is 16.2. The normalized spacial score (nSPS) is 12.7. The van der Waals surface area contributed by atoms with Gasteiger partial charge < -0.3 is 5.32 Å². The summed E-state index contributed by atoms with van der Waals surface area (Å²) in [5.74, 6) is 0.0437. The van der Waals surface area contributed by atoms with Gasteiger partial charge in [-0.1, -0.05) is 42.5 Å². The van der Waals surface area contributed by atoms with E-state index in [0.29, 0.717) is 0 Å². The number of hydrogen-bond acceptors (Lipinski definition) is 1. The van der Waals surface area contributed by atoms with Crippen LogP contribution in [-0.4, -0.2) is 11.4 Å². The number of hydrogen-bond donors (Lipinski definition) is 1. The topological polar surface area (TPSA) is 29.1 Å². The third-order valence-corrected chi connectivity index (χ3v) is 2.57. The van der Waals surface area contributed by atoms with Gasteiger partial charge in [0.25, 0.3) is 0 Å². The van der Waals surface area contributed by atoms with Crippen LogP contribution in [0, 0.1) is 5.41 Å². The van der Waals surface area contributed by atoms with Gasteiger partial charge in [-0.2, -0.15) is 0 Å². The van der Waals surface area contributed by atoms with Crippen molar-refractivity contribution in [2.24, 2.45) is 5.41 Å². The van der Waals surface area contributed by atoms with Gasteiger partial charge in [0.05, 0.1) is 5.41 Å². The highest BCUT2D eigenvalue weighted by Crippen LogP contribution is 2.20. The van der Waals surface area contributed by atoms with Crippen molar-refractivity contribution >= 4 is 12.0 Å². The molecule has 0 aliphatic heterocycles. The second-order valence-electron chi connectivity index (χ2n) is 6.17. The van der Waals surface area contributed by atoms with E-state index < -0.39 is 5.41 Å². The van der Waals surface area contributed by atoms with Gasteiger partial charge in [-0.05, 0) is 40.2 Å². The molecule has 0 aliphatic carbocycles. The summed E-state index contributed by atoms with van der Waals surface area (Å²) in [7, 11) is 0. The molecule has 1 aromatic rings. The van der Waals surface area contributed by atoms with Crippen LogP contribution < -0.4 is 5.32 Å². The maximum atomic E-state index is 12.1. The van der Waals surface area contributed by atoms with Crippen molar-refractivity contribution in [2.45, 2.75) is 40.2 Å². The largest absolute Gasteiger partial charge is 0.351 e. The van der Waals surface area contributed by atoms with Gasteiger partial charge in [-0.25, -0.2) is 0 Å². The van der Waals surface area contributed by atoms with E-state index in [1.54, 1.807) is 0 Å². The zero-order valence-electron chi connectivity index (χ0n) is 11.9. The molecule has 0 spiro atoms. The van der Waals surface area contributed by atoms with Crippen LogP contribution >= 0.6 is 0 Å². The predicted molar refractivity (Wildman–Crippen MR) is 77.2 cm³/mol. The Morgan fingerprint density at radius 3 is 2.11 bits per heavy atom. The van der Waals surface area contributed by atoms with Gasteiger partial charge >= 0.3 is 0 Å². The number of nitrogens with one attached hydrogen (secondary N) is 1.